The van der Waals surface area contributed by atoms with Crippen molar-refractivity contribution in [3.05, 3.63) is 52.5 Å². The van der Waals surface area contributed by atoms with E-state index in [9.17, 15) is 14.4 Å². The molecule has 0 bridgehead atoms. The van der Waals surface area contributed by atoms with Crippen molar-refractivity contribution in [3.63, 3.8) is 0 Å². The molecular formula is C20H21ClN4O5. The minimum atomic E-state index is -0.887. The fourth-order valence-electron chi connectivity index (χ4n) is 2.29. The van der Waals surface area contributed by atoms with E-state index >= 15 is 0 Å². The van der Waals surface area contributed by atoms with Gasteiger partial charge in [0.15, 0.2) is 18.1 Å². The number of rotatable bonds is 7. The summed E-state index contributed by atoms with van der Waals surface area (Å²) in [6.07, 6.45) is 1.34. The van der Waals surface area contributed by atoms with Gasteiger partial charge < -0.3 is 20.1 Å². The van der Waals surface area contributed by atoms with Crippen LogP contribution in [0.15, 0.2) is 41.5 Å². The molecule has 3 N–H and O–H groups in total. The number of hydrogen-bond acceptors (Lipinski definition) is 6. The number of amides is 3. The number of anilines is 1. The van der Waals surface area contributed by atoms with Gasteiger partial charge in [0.05, 0.1) is 13.3 Å². The molecule has 0 saturated carbocycles. The zero-order valence-corrected chi connectivity index (χ0v) is 17.4. The number of hydrazone groups is 1. The fraction of sp³-hybridized carbons (Fsp3) is 0.200. The number of halogens is 1. The van der Waals surface area contributed by atoms with Crippen LogP contribution in [-0.2, 0) is 14.4 Å². The summed E-state index contributed by atoms with van der Waals surface area (Å²) in [5.74, 6) is -1.34. The first-order valence-electron chi connectivity index (χ1n) is 8.76. The third-order valence-electron chi connectivity index (χ3n) is 3.90. The summed E-state index contributed by atoms with van der Waals surface area (Å²) in [6.45, 7) is 1.57. The van der Waals surface area contributed by atoms with Gasteiger partial charge in [-0.3, -0.25) is 14.4 Å². The summed E-state index contributed by atoms with van der Waals surface area (Å²) in [5.41, 5.74) is 4.04. The lowest BCUT2D eigenvalue weighted by Crippen LogP contribution is -2.35. The van der Waals surface area contributed by atoms with E-state index < -0.39 is 11.8 Å². The highest BCUT2D eigenvalue weighted by atomic mass is 35.5. The molecule has 10 heteroatoms. The Hall–Kier alpha value is -3.59. The minimum absolute atomic E-state index is 0.238. The quantitative estimate of drug-likeness (QED) is 0.350. The van der Waals surface area contributed by atoms with Gasteiger partial charge in [0, 0.05) is 17.8 Å². The fourth-order valence-corrected chi connectivity index (χ4v) is 2.46. The van der Waals surface area contributed by atoms with E-state index in [0.29, 0.717) is 27.8 Å². The van der Waals surface area contributed by atoms with Crippen molar-refractivity contribution in [1.82, 2.24) is 10.7 Å². The third kappa shape index (κ3) is 6.21. The number of benzene rings is 2. The largest absolute Gasteiger partial charge is 0.493 e. The van der Waals surface area contributed by atoms with Gasteiger partial charge in [-0.1, -0.05) is 17.7 Å². The van der Waals surface area contributed by atoms with Crippen LogP contribution >= 0.6 is 11.6 Å². The van der Waals surface area contributed by atoms with Gasteiger partial charge in [0.2, 0.25) is 0 Å². The van der Waals surface area contributed by atoms with Gasteiger partial charge in [-0.05, 0) is 48.4 Å². The van der Waals surface area contributed by atoms with Gasteiger partial charge >= 0.3 is 11.8 Å². The normalized spacial score (nSPS) is 10.4. The maximum Gasteiger partial charge on any atom is 0.329 e. The summed E-state index contributed by atoms with van der Waals surface area (Å²) in [6, 6.07) is 10.1. The SMILES string of the molecule is CNC(=O)C(=O)N/N=C\c1ccc(OCC(=O)Nc2cccc(Cl)c2C)c(OC)c1. The number of hydrogen-bond donors (Lipinski definition) is 3. The zero-order valence-electron chi connectivity index (χ0n) is 16.6. The Morgan fingerprint density at radius 3 is 2.60 bits per heavy atom. The van der Waals surface area contributed by atoms with Crippen LogP contribution in [0.3, 0.4) is 0 Å². The van der Waals surface area contributed by atoms with E-state index in [-0.39, 0.29) is 12.5 Å². The summed E-state index contributed by atoms with van der Waals surface area (Å²) in [5, 5.41) is 9.17. The zero-order chi connectivity index (χ0) is 22.1. The van der Waals surface area contributed by atoms with Crippen molar-refractivity contribution >= 4 is 41.2 Å². The second kappa shape index (κ2) is 10.8. The lowest BCUT2D eigenvalue weighted by Gasteiger charge is -2.12. The van der Waals surface area contributed by atoms with E-state index in [1.54, 1.807) is 43.3 Å². The van der Waals surface area contributed by atoms with Crippen LogP contribution in [0, 0.1) is 6.92 Å². The second-order valence-electron chi connectivity index (χ2n) is 5.94. The molecule has 2 rings (SSSR count). The molecule has 2 aromatic rings. The van der Waals surface area contributed by atoms with Crippen molar-refractivity contribution in [1.29, 1.82) is 0 Å². The summed E-state index contributed by atoms with van der Waals surface area (Å²) < 4.78 is 10.8. The highest BCUT2D eigenvalue weighted by Crippen LogP contribution is 2.28. The first-order chi connectivity index (χ1) is 14.3. The first-order valence-corrected chi connectivity index (χ1v) is 9.14. The summed E-state index contributed by atoms with van der Waals surface area (Å²) >= 11 is 6.05. The van der Waals surface area contributed by atoms with Crippen LogP contribution in [0.5, 0.6) is 11.5 Å². The van der Waals surface area contributed by atoms with Crippen LogP contribution in [0.2, 0.25) is 5.02 Å². The number of carbonyl (C=O) groups excluding carboxylic acids is 3. The van der Waals surface area contributed by atoms with E-state index in [2.05, 4.69) is 21.2 Å². The molecule has 0 atom stereocenters. The Kier molecular flexibility index (Phi) is 8.18. The highest BCUT2D eigenvalue weighted by Gasteiger charge is 2.11. The Balaban J connectivity index is 1.98. The lowest BCUT2D eigenvalue weighted by atomic mass is 10.2. The molecule has 158 valence electrons. The van der Waals surface area contributed by atoms with Crippen molar-refractivity contribution in [2.75, 3.05) is 26.1 Å². The van der Waals surface area contributed by atoms with Crippen LogP contribution < -0.4 is 25.5 Å². The van der Waals surface area contributed by atoms with Gasteiger partial charge in [0.1, 0.15) is 0 Å². The Morgan fingerprint density at radius 2 is 1.90 bits per heavy atom. The Morgan fingerprint density at radius 1 is 1.13 bits per heavy atom. The summed E-state index contributed by atoms with van der Waals surface area (Å²) in [7, 11) is 2.79. The molecule has 30 heavy (non-hydrogen) atoms. The molecule has 9 nitrogen and oxygen atoms in total. The van der Waals surface area contributed by atoms with Crippen molar-refractivity contribution in [3.8, 4) is 11.5 Å². The molecular weight excluding hydrogens is 412 g/mol. The predicted octanol–water partition coefficient (Wildman–Crippen LogP) is 1.87. The molecule has 0 saturated heterocycles. The number of carbonyl (C=O) groups is 3. The maximum atomic E-state index is 12.2. The Bertz CT molecular complexity index is 978. The van der Waals surface area contributed by atoms with E-state index in [1.165, 1.54) is 20.4 Å². The number of methoxy groups -OCH3 is 1. The molecule has 0 fully saturated rings. The average Bonchev–Trinajstić information content (AvgIpc) is 2.75. The smallest absolute Gasteiger partial charge is 0.329 e. The number of nitrogens with one attached hydrogen (secondary N) is 3. The lowest BCUT2D eigenvalue weighted by molar-refractivity contribution is -0.138. The first kappa shape index (κ1) is 22.7. The van der Waals surface area contributed by atoms with Gasteiger partial charge in [-0.2, -0.15) is 5.10 Å². The molecule has 0 spiro atoms. The van der Waals surface area contributed by atoms with Crippen molar-refractivity contribution < 1.29 is 23.9 Å². The molecule has 0 unspecified atom stereocenters. The standard InChI is InChI=1S/C20H21ClN4O5/c1-12-14(21)5-4-6-15(12)24-18(26)11-30-16-8-7-13(9-17(16)29-3)10-23-25-20(28)19(27)22-2/h4-10H,11H2,1-3H3,(H,22,27)(H,24,26)(H,25,28)/b23-10-. The van der Waals surface area contributed by atoms with Crippen LogP contribution in [0.25, 0.3) is 0 Å². The highest BCUT2D eigenvalue weighted by molar-refractivity contribution is 6.35. The van der Waals surface area contributed by atoms with Gasteiger partial charge in [-0.15, -0.1) is 0 Å². The van der Waals surface area contributed by atoms with Gasteiger partial charge in [0.25, 0.3) is 5.91 Å². The molecule has 0 aliphatic rings. The van der Waals surface area contributed by atoms with Crippen LogP contribution in [-0.4, -0.2) is 44.7 Å². The Labute approximate surface area is 178 Å². The summed E-state index contributed by atoms with van der Waals surface area (Å²) in [4.78, 5) is 34.6. The third-order valence-corrected chi connectivity index (χ3v) is 4.31. The maximum absolute atomic E-state index is 12.2. The monoisotopic (exact) mass is 432 g/mol. The van der Waals surface area contributed by atoms with Crippen molar-refractivity contribution in [2.24, 2.45) is 5.10 Å². The van der Waals surface area contributed by atoms with Crippen LogP contribution in [0.1, 0.15) is 11.1 Å². The van der Waals surface area contributed by atoms with Gasteiger partial charge in [-0.25, -0.2) is 5.43 Å². The number of ether oxygens (including phenoxy) is 2. The van der Waals surface area contributed by atoms with E-state index in [0.717, 1.165) is 5.56 Å². The molecule has 0 radical (unpaired) electrons. The molecule has 0 heterocycles. The van der Waals surface area contributed by atoms with E-state index in [4.69, 9.17) is 21.1 Å². The van der Waals surface area contributed by atoms with E-state index in [1.807, 2.05) is 0 Å². The average molecular weight is 433 g/mol. The molecule has 0 aromatic heterocycles. The molecule has 0 aliphatic carbocycles. The van der Waals surface area contributed by atoms with Crippen LogP contribution in [0.4, 0.5) is 5.69 Å². The molecule has 3 amide bonds. The minimum Gasteiger partial charge on any atom is -0.493 e. The topological polar surface area (TPSA) is 118 Å². The van der Waals surface area contributed by atoms with Crippen molar-refractivity contribution in [2.45, 2.75) is 6.92 Å². The molecule has 0 aliphatic heterocycles. The predicted molar refractivity (Wildman–Crippen MR) is 113 cm³/mol. The number of nitrogens with zero attached hydrogens (tertiary/aromatic N) is 1. The second-order valence-corrected chi connectivity index (χ2v) is 6.34. The molecule has 2 aromatic carbocycles. The number of likely N-dealkylation sites (N-methyl/N-ethyl adjacent to an activating group) is 1.